The smallest absolute Gasteiger partial charge is 0.162 e. The van der Waals surface area contributed by atoms with Gasteiger partial charge in [0, 0.05) is 29.5 Å². The molecule has 3 atom stereocenters. The van der Waals surface area contributed by atoms with Crippen LogP contribution in [0.1, 0.15) is 37.8 Å². The fraction of sp³-hybridized carbons (Fsp3) is 0.625. The molecule has 3 rings (SSSR count). The fourth-order valence-electron chi connectivity index (χ4n) is 3.18. The van der Waals surface area contributed by atoms with Crippen LogP contribution in [0.2, 0.25) is 0 Å². The van der Waals surface area contributed by atoms with E-state index in [1.807, 2.05) is 12.1 Å². The number of benzene rings is 1. The van der Waals surface area contributed by atoms with Crippen molar-refractivity contribution in [2.45, 2.75) is 38.3 Å². The molecule has 5 heteroatoms. The second kappa shape index (κ2) is 6.55. The zero-order chi connectivity index (χ0) is 14.8. The molecule has 1 aromatic rings. The lowest BCUT2D eigenvalue weighted by Crippen LogP contribution is -2.28. The Kier molecular flexibility index (Phi) is 4.72. The standard InChI is InChI=1S/C16H22BrNO3/c1-2-13-10(4-7-21-13)16(18)11-8-14-15(9-12(11)17)20-6-3-5-19-14/h8-10,13,16H,2-7,18H2,1H3. The molecule has 21 heavy (non-hydrogen) atoms. The SMILES string of the molecule is CCC1OCCC1C(N)c1cc2c(cc1Br)OCCCO2. The third-order valence-corrected chi connectivity index (χ3v) is 5.04. The van der Waals surface area contributed by atoms with Gasteiger partial charge < -0.3 is 19.9 Å². The average Bonchev–Trinajstić information content (AvgIpc) is 2.85. The zero-order valence-corrected chi connectivity index (χ0v) is 13.9. The van der Waals surface area contributed by atoms with Crippen molar-refractivity contribution in [1.29, 1.82) is 0 Å². The van der Waals surface area contributed by atoms with Crippen molar-refractivity contribution in [3.05, 3.63) is 22.2 Å². The Hall–Kier alpha value is -0.780. The van der Waals surface area contributed by atoms with E-state index >= 15 is 0 Å². The van der Waals surface area contributed by atoms with Gasteiger partial charge in [0.25, 0.3) is 0 Å². The van der Waals surface area contributed by atoms with E-state index in [1.54, 1.807) is 0 Å². The third-order valence-electron chi connectivity index (χ3n) is 4.35. The average molecular weight is 356 g/mol. The molecule has 0 radical (unpaired) electrons. The molecular formula is C16H22BrNO3. The predicted octanol–water partition coefficient (Wildman–Crippen LogP) is 3.43. The predicted molar refractivity (Wildman–Crippen MR) is 84.8 cm³/mol. The summed E-state index contributed by atoms with van der Waals surface area (Å²) in [6.07, 6.45) is 3.17. The van der Waals surface area contributed by atoms with Crippen molar-refractivity contribution < 1.29 is 14.2 Å². The molecule has 4 nitrogen and oxygen atoms in total. The number of hydrogen-bond donors (Lipinski definition) is 1. The normalized spacial score (nSPS) is 26.4. The highest BCUT2D eigenvalue weighted by atomic mass is 79.9. The largest absolute Gasteiger partial charge is 0.490 e. The first-order valence-electron chi connectivity index (χ1n) is 7.67. The van der Waals surface area contributed by atoms with Gasteiger partial charge in [-0.15, -0.1) is 0 Å². The number of rotatable bonds is 3. The van der Waals surface area contributed by atoms with E-state index < -0.39 is 0 Å². The second-order valence-corrected chi connectivity index (χ2v) is 6.52. The number of nitrogens with two attached hydrogens (primary N) is 1. The first kappa shape index (κ1) is 15.1. The Balaban J connectivity index is 1.89. The van der Waals surface area contributed by atoms with Gasteiger partial charge in [0.1, 0.15) is 0 Å². The molecule has 2 N–H and O–H groups in total. The number of fused-ring (bicyclic) bond motifs is 1. The van der Waals surface area contributed by atoms with Gasteiger partial charge in [0.2, 0.25) is 0 Å². The van der Waals surface area contributed by atoms with Gasteiger partial charge in [-0.25, -0.2) is 0 Å². The van der Waals surface area contributed by atoms with E-state index in [9.17, 15) is 0 Å². The summed E-state index contributed by atoms with van der Waals surface area (Å²) in [5, 5.41) is 0. The van der Waals surface area contributed by atoms with E-state index in [1.165, 1.54) is 0 Å². The van der Waals surface area contributed by atoms with Crippen molar-refractivity contribution in [3.63, 3.8) is 0 Å². The lowest BCUT2D eigenvalue weighted by molar-refractivity contribution is 0.0812. The quantitative estimate of drug-likeness (QED) is 0.902. The lowest BCUT2D eigenvalue weighted by Gasteiger charge is -2.25. The third kappa shape index (κ3) is 3.05. The Morgan fingerprint density at radius 3 is 2.67 bits per heavy atom. The van der Waals surface area contributed by atoms with Crippen LogP contribution in [0.15, 0.2) is 16.6 Å². The van der Waals surface area contributed by atoms with E-state index in [4.69, 9.17) is 19.9 Å². The van der Waals surface area contributed by atoms with Crippen LogP contribution in [0.25, 0.3) is 0 Å². The Labute approximate surface area is 134 Å². The first-order chi connectivity index (χ1) is 10.2. The molecule has 3 unspecified atom stereocenters. The maximum Gasteiger partial charge on any atom is 0.162 e. The van der Waals surface area contributed by atoms with Crippen LogP contribution in [0.4, 0.5) is 0 Å². The molecule has 116 valence electrons. The second-order valence-electron chi connectivity index (χ2n) is 5.67. The summed E-state index contributed by atoms with van der Waals surface area (Å²) >= 11 is 3.63. The summed E-state index contributed by atoms with van der Waals surface area (Å²) in [6, 6.07) is 3.96. The van der Waals surface area contributed by atoms with Crippen molar-refractivity contribution in [2.75, 3.05) is 19.8 Å². The van der Waals surface area contributed by atoms with Crippen LogP contribution in [0.5, 0.6) is 11.5 Å². The topological polar surface area (TPSA) is 53.7 Å². The molecule has 2 aliphatic rings. The maximum absolute atomic E-state index is 6.53. The van der Waals surface area contributed by atoms with Crippen molar-refractivity contribution in [1.82, 2.24) is 0 Å². The van der Waals surface area contributed by atoms with Gasteiger partial charge in [0.15, 0.2) is 11.5 Å². The van der Waals surface area contributed by atoms with Crippen LogP contribution >= 0.6 is 15.9 Å². The number of hydrogen-bond acceptors (Lipinski definition) is 4. The lowest BCUT2D eigenvalue weighted by atomic mass is 9.87. The summed E-state index contributed by atoms with van der Waals surface area (Å²) < 4.78 is 18.3. The zero-order valence-electron chi connectivity index (χ0n) is 12.3. The molecule has 0 aliphatic carbocycles. The van der Waals surface area contributed by atoms with Gasteiger partial charge in [-0.3, -0.25) is 0 Å². The minimum Gasteiger partial charge on any atom is -0.490 e. The summed E-state index contributed by atoms with van der Waals surface area (Å²) in [5.41, 5.74) is 7.61. The molecule has 1 saturated heterocycles. The van der Waals surface area contributed by atoms with Gasteiger partial charge in [-0.05, 0) is 30.5 Å². The van der Waals surface area contributed by atoms with Gasteiger partial charge >= 0.3 is 0 Å². The van der Waals surface area contributed by atoms with Gasteiger partial charge in [-0.1, -0.05) is 22.9 Å². The summed E-state index contributed by atoms with van der Waals surface area (Å²) in [7, 11) is 0. The van der Waals surface area contributed by atoms with Crippen LogP contribution in [0, 0.1) is 5.92 Å². The van der Waals surface area contributed by atoms with Gasteiger partial charge in [-0.2, -0.15) is 0 Å². The first-order valence-corrected chi connectivity index (χ1v) is 8.46. The fourth-order valence-corrected chi connectivity index (χ4v) is 3.77. The Morgan fingerprint density at radius 2 is 1.95 bits per heavy atom. The van der Waals surface area contributed by atoms with Crippen LogP contribution in [-0.4, -0.2) is 25.9 Å². The summed E-state index contributed by atoms with van der Waals surface area (Å²) in [4.78, 5) is 0. The Bertz CT molecular complexity index is 509. The molecular weight excluding hydrogens is 334 g/mol. The van der Waals surface area contributed by atoms with E-state index in [0.717, 1.165) is 47.4 Å². The van der Waals surface area contributed by atoms with Crippen molar-refractivity contribution in [3.8, 4) is 11.5 Å². The molecule has 1 fully saturated rings. The van der Waals surface area contributed by atoms with Crippen LogP contribution in [0.3, 0.4) is 0 Å². The van der Waals surface area contributed by atoms with E-state index in [-0.39, 0.29) is 12.1 Å². The maximum atomic E-state index is 6.53. The van der Waals surface area contributed by atoms with E-state index in [2.05, 4.69) is 22.9 Å². The monoisotopic (exact) mass is 355 g/mol. The summed E-state index contributed by atoms with van der Waals surface area (Å²) in [6.45, 7) is 4.34. The van der Waals surface area contributed by atoms with Gasteiger partial charge in [0.05, 0.1) is 19.3 Å². The molecule has 2 heterocycles. The molecule has 0 bridgehead atoms. The van der Waals surface area contributed by atoms with Crippen molar-refractivity contribution >= 4 is 15.9 Å². The minimum atomic E-state index is -0.0519. The summed E-state index contributed by atoms with van der Waals surface area (Å²) in [5.74, 6) is 1.95. The van der Waals surface area contributed by atoms with Crippen molar-refractivity contribution in [2.24, 2.45) is 11.7 Å². The highest BCUT2D eigenvalue weighted by molar-refractivity contribution is 9.10. The van der Waals surface area contributed by atoms with Crippen LogP contribution in [-0.2, 0) is 4.74 Å². The molecule has 0 spiro atoms. The minimum absolute atomic E-state index is 0.0519. The molecule has 0 saturated carbocycles. The number of ether oxygens (including phenoxy) is 3. The van der Waals surface area contributed by atoms with E-state index in [0.29, 0.717) is 19.1 Å². The Morgan fingerprint density at radius 1 is 1.24 bits per heavy atom. The highest BCUT2D eigenvalue weighted by Gasteiger charge is 2.33. The molecule has 0 aromatic heterocycles. The molecule has 1 aromatic carbocycles. The highest BCUT2D eigenvalue weighted by Crippen LogP contribution is 2.41. The molecule has 0 amide bonds. The molecule has 2 aliphatic heterocycles. The number of halogens is 1. The van der Waals surface area contributed by atoms with Crippen LogP contribution < -0.4 is 15.2 Å².